The van der Waals surface area contributed by atoms with E-state index in [9.17, 15) is 18.4 Å². The fourth-order valence-electron chi connectivity index (χ4n) is 6.03. The van der Waals surface area contributed by atoms with E-state index in [0.717, 1.165) is 28.8 Å². The van der Waals surface area contributed by atoms with Crippen molar-refractivity contribution in [2.24, 2.45) is 5.92 Å². The van der Waals surface area contributed by atoms with Crippen molar-refractivity contribution in [3.63, 3.8) is 0 Å². The molecule has 3 heterocycles. The largest absolute Gasteiger partial charge is 0.493 e. The number of hydrogen-bond donors (Lipinski definition) is 1. The summed E-state index contributed by atoms with van der Waals surface area (Å²) in [4.78, 5) is 29.5. The lowest BCUT2D eigenvalue weighted by Gasteiger charge is -2.38. The number of rotatable bonds is 1. The lowest BCUT2D eigenvalue weighted by molar-refractivity contribution is -0.125. The average Bonchev–Trinajstić information content (AvgIpc) is 3.07. The maximum Gasteiger partial charge on any atom is 0.257 e. The van der Waals surface area contributed by atoms with Gasteiger partial charge in [-0.15, -0.1) is 0 Å². The van der Waals surface area contributed by atoms with Gasteiger partial charge in [0.15, 0.2) is 11.6 Å². The Hall–Kier alpha value is -3.74. The summed E-state index contributed by atoms with van der Waals surface area (Å²) in [6, 6.07) is 16.6. The number of nitrogens with one attached hydrogen (secondary N) is 1. The Labute approximate surface area is 195 Å². The minimum absolute atomic E-state index is 0.0237. The number of carbonyl (C=O) groups excluding carboxylic acids is 2. The summed E-state index contributed by atoms with van der Waals surface area (Å²) in [7, 11) is 0. The van der Waals surface area contributed by atoms with Crippen LogP contribution in [-0.2, 0) is 4.79 Å². The SMILES string of the molecule is Cc1ccc2c(c1)C1C(CO2)C(c2ccccc2)[C@]2(C)C(=O)Nc3cc(F)c(F)cc3C(=O)N12. The first-order chi connectivity index (χ1) is 16.3. The van der Waals surface area contributed by atoms with Gasteiger partial charge < -0.3 is 15.0 Å². The van der Waals surface area contributed by atoms with Gasteiger partial charge in [0.25, 0.3) is 11.8 Å². The van der Waals surface area contributed by atoms with Crippen LogP contribution in [0.2, 0.25) is 0 Å². The summed E-state index contributed by atoms with van der Waals surface area (Å²) in [5, 5.41) is 2.73. The molecule has 6 rings (SSSR count). The number of halogens is 2. The highest BCUT2D eigenvalue weighted by Gasteiger charge is 2.65. The number of carbonyl (C=O) groups is 2. The van der Waals surface area contributed by atoms with E-state index in [-0.39, 0.29) is 17.2 Å². The molecular formula is C27H22F2N2O3. The van der Waals surface area contributed by atoms with E-state index in [2.05, 4.69) is 5.32 Å². The third-order valence-corrected chi connectivity index (χ3v) is 7.51. The van der Waals surface area contributed by atoms with Crippen molar-refractivity contribution in [3.05, 3.63) is 94.6 Å². The predicted molar refractivity (Wildman–Crippen MR) is 122 cm³/mol. The highest BCUT2D eigenvalue weighted by molar-refractivity contribution is 6.12. The topological polar surface area (TPSA) is 58.6 Å². The molecule has 5 nitrogen and oxygen atoms in total. The Morgan fingerprint density at radius 3 is 2.53 bits per heavy atom. The minimum atomic E-state index is -1.32. The van der Waals surface area contributed by atoms with E-state index in [1.54, 1.807) is 11.8 Å². The molecule has 0 spiro atoms. The lowest BCUT2D eigenvalue weighted by Crippen LogP contribution is -2.54. The van der Waals surface area contributed by atoms with Gasteiger partial charge in [-0.3, -0.25) is 9.59 Å². The number of ether oxygens (including phenoxy) is 1. The zero-order valence-corrected chi connectivity index (χ0v) is 18.6. The first-order valence-corrected chi connectivity index (χ1v) is 11.2. The zero-order chi connectivity index (χ0) is 23.8. The van der Waals surface area contributed by atoms with Gasteiger partial charge in [0.2, 0.25) is 0 Å². The quantitative estimate of drug-likeness (QED) is 0.558. The van der Waals surface area contributed by atoms with Crippen LogP contribution in [0.4, 0.5) is 14.5 Å². The van der Waals surface area contributed by atoms with Gasteiger partial charge >= 0.3 is 0 Å². The molecule has 0 aromatic heterocycles. The van der Waals surface area contributed by atoms with Crippen LogP contribution >= 0.6 is 0 Å². The molecule has 1 N–H and O–H groups in total. The molecule has 7 heteroatoms. The van der Waals surface area contributed by atoms with E-state index in [1.807, 2.05) is 55.5 Å². The van der Waals surface area contributed by atoms with E-state index >= 15 is 0 Å². The molecule has 3 aromatic carbocycles. The second-order valence-electron chi connectivity index (χ2n) is 9.44. The normalized spacial score (nSPS) is 27.1. The molecular weight excluding hydrogens is 438 g/mol. The number of aryl methyl sites for hydroxylation is 1. The van der Waals surface area contributed by atoms with Gasteiger partial charge in [-0.05, 0) is 31.5 Å². The van der Waals surface area contributed by atoms with Gasteiger partial charge in [0, 0.05) is 23.5 Å². The number of nitrogens with zero attached hydrogens (tertiary/aromatic N) is 1. The molecule has 4 atom stereocenters. The van der Waals surface area contributed by atoms with Crippen molar-refractivity contribution in [1.29, 1.82) is 0 Å². The van der Waals surface area contributed by atoms with Crippen molar-refractivity contribution in [2.75, 3.05) is 11.9 Å². The molecule has 3 aliphatic heterocycles. The molecule has 0 aliphatic carbocycles. The van der Waals surface area contributed by atoms with Crippen LogP contribution in [0.15, 0.2) is 60.7 Å². The Balaban J connectivity index is 1.64. The molecule has 3 aliphatic rings. The van der Waals surface area contributed by atoms with E-state index < -0.39 is 40.9 Å². The number of amides is 2. The molecule has 3 unspecified atom stereocenters. The Bertz CT molecular complexity index is 1360. The maximum atomic E-state index is 14.2. The Morgan fingerprint density at radius 1 is 1.03 bits per heavy atom. The van der Waals surface area contributed by atoms with Crippen LogP contribution in [-0.4, -0.2) is 28.9 Å². The Kier molecular flexibility index (Phi) is 4.37. The standard InChI is InChI=1S/C27H22F2N2O3/c1-14-8-9-22-17(10-14)24-18(13-34-22)23(15-6-4-3-5-7-15)27(2)26(33)30-21-12-20(29)19(28)11-16(21)25(32)31(24)27/h3-12,18,23-24H,13H2,1-2H3,(H,30,33)/t18?,23?,24?,27-/m1/s1. The van der Waals surface area contributed by atoms with E-state index in [1.165, 1.54) is 0 Å². The van der Waals surface area contributed by atoms with Crippen LogP contribution in [0.1, 0.15) is 45.9 Å². The van der Waals surface area contributed by atoms with Crippen molar-refractivity contribution >= 4 is 17.5 Å². The van der Waals surface area contributed by atoms with Crippen molar-refractivity contribution in [3.8, 4) is 5.75 Å². The summed E-state index contributed by atoms with van der Waals surface area (Å²) in [6.07, 6.45) is 0. The number of benzene rings is 3. The third-order valence-electron chi connectivity index (χ3n) is 7.51. The summed E-state index contributed by atoms with van der Waals surface area (Å²) in [5.74, 6) is -3.18. The molecule has 34 heavy (non-hydrogen) atoms. The molecule has 2 amide bonds. The van der Waals surface area contributed by atoms with Gasteiger partial charge in [0.05, 0.1) is 23.9 Å². The van der Waals surface area contributed by atoms with Crippen LogP contribution in [0, 0.1) is 24.5 Å². The lowest BCUT2D eigenvalue weighted by atomic mass is 9.73. The van der Waals surface area contributed by atoms with Gasteiger partial charge in [-0.25, -0.2) is 8.78 Å². The maximum absolute atomic E-state index is 14.2. The summed E-state index contributed by atoms with van der Waals surface area (Å²) >= 11 is 0. The summed E-state index contributed by atoms with van der Waals surface area (Å²) in [6.45, 7) is 4.01. The van der Waals surface area contributed by atoms with Gasteiger partial charge in [0.1, 0.15) is 11.3 Å². The third kappa shape index (κ3) is 2.70. The van der Waals surface area contributed by atoms with Crippen LogP contribution in [0.3, 0.4) is 0 Å². The van der Waals surface area contributed by atoms with Crippen LogP contribution in [0.25, 0.3) is 0 Å². The fraction of sp³-hybridized carbons (Fsp3) is 0.259. The van der Waals surface area contributed by atoms with Crippen molar-refractivity contribution < 1.29 is 23.1 Å². The van der Waals surface area contributed by atoms with E-state index in [4.69, 9.17) is 4.74 Å². The first-order valence-electron chi connectivity index (χ1n) is 11.2. The second-order valence-corrected chi connectivity index (χ2v) is 9.44. The van der Waals surface area contributed by atoms with E-state index in [0.29, 0.717) is 12.4 Å². The molecule has 3 aromatic rings. The number of fused-ring (bicyclic) bond motifs is 6. The summed E-state index contributed by atoms with van der Waals surface area (Å²) in [5.41, 5.74) is 1.29. The average molecular weight is 460 g/mol. The fourth-order valence-corrected chi connectivity index (χ4v) is 6.03. The summed E-state index contributed by atoms with van der Waals surface area (Å²) < 4.78 is 34.4. The molecule has 0 radical (unpaired) electrons. The smallest absolute Gasteiger partial charge is 0.257 e. The monoisotopic (exact) mass is 460 g/mol. The zero-order valence-electron chi connectivity index (χ0n) is 18.6. The van der Waals surface area contributed by atoms with Gasteiger partial charge in [-0.2, -0.15) is 0 Å². The highest BCUT2D eigenvalue weighted by atomic mass is 19.2. The van der Waals surface area contributed by atoms with Crippen molar-refractivity contribution in [2.45, 2.75) is 31.3 Å². The first kappa shape index (κ1) is 20.8. The molecule has 1 fully saturated rings. The van der Waals surface area contributed by atoms with Crippen LogP contribution < -0.4 is 10.1 Å². The highest BCUT2D eigenvalue weighted by Crippen LogP contribution is 2.60. The Morgan fingerprint density at radius 2 is 1.76 bits per heavy atom. The van der Waals surface area contributed by atoms with Gasteiger partial charge in [-0.1, -0.05) is 48.0 Å². The predicted octanol–water partition coefficient (Wildman–Crippen LogP) is 4.97. The number of anilines is 1. The minimum Gasteiger partial charge on any atom is -0.493 e. The number of hydrogen-bond acceptors (Lipinski definition) is 3. The van der Waals surface area contributed by atoms with Crippen molar-refractivity contribution in [1.82, 2.24) is 4.90 Å². The molecule has 0 bridgehead atoms. The molecule has 172 valence electrons. The van der Waals surface area contributed by atoms with Crippen LogP contribution in [0.5, 0.6) is 5.75 Å². The second kappa shape index (κ2) is 7.13. The molecule has 1 saturated heterocycles. The molecule has 0 saturated carbocycles.